The number of halogens is 3. The highest BCUT2D eigenvalue weighted by molar-refractivity contribution is 9.09. The number of hydrogen-bond donors (Lipinski definition) is 0. The Labute approximate surface area is 50.6 Å². The van der Waals surface area contributed by atoms with E-state index >= 15 is 0 Å². The van der Waals surface area contributed by atoms with Crippen molar-refractivity contribution in [2.75, 3.05) is 4.95 Å². The molecule has 0 spiro atoms. The molecule has 0 saturated heterocycles. The normalized spacial score (nSPS) is 9.60. The summed E-state index contributed by atoms with van der Waals surface area (Å²) in [5.74, 6) is 0. The first-order valence-corrected chi connectivity index (χ1v) is 6.54. The molecule has 0 rings (SSSR count). The monoisotopic (exact) mass is 192 g/mol. The highest BCUT2D eigenvalue weighted by Crippen LogP contribution is 1.97. The Morgan fingerprint density at radius 2 is 1.80 bits per heavy atom. The number of alkyl halides is 1. The molecule has 0 fully saturated rings. The Bertz CT molecular complexity index is 23.6. The van der Waals surface area contributed by atoms with Crippen LogP contribution >= 0.6 is 38.1 Å². The molecule has 0 N–H and O–H groups in total. The maximum atomic E-state index is 5.32. The van der Waals surface area contributed by atoms with Crippen molar-refractivity contribution >= 4 is 45.5 Å². The van der Waals surface area contributed by atoms with Gasteiger partial charge in [-0.05, 0) is 0 Å². The van der Waals surface area contributed by atoms with Crippen LogP contribution < -0.4 is 0 Å². The van der Waals surface area contributed by atoms with Crippen LogP contribution in [0.3, 0.4) is 0 Å². The van der Waals surface area contributed by atoms with E-state index in [1.165, 1.54) is 0 Å². The van der Waals surface area contributed by atoms with Gasteiger partial charge in [0.25, 0.3) is 0 Å². The van der Waals surface area contributed by atoms with Gasteiger partial charge in [0.15, 0.2) is 0 Å². The summed E-state index contributed by atoms with van der Waals surface area (Å²) < 4.78 is 0. The van der Waals surface area contributed by atoms with Gasteiger partial charge in [-0.2, -0.15) is 0 Å². The molecule has 0 atom stereocenters. The summed E-state index contributed by atoms with van der Waals surface area (Å²) in [7, 11) is -1.29. The Morgan fingerprint density at radius 1 is 1.60 bits per heavy atom. The van der Waals surface area contributed by atoms with Crippen molar-refractivity contribution in [3.63, 3.8) is 0 Å². The molecule has 0 aromatic carbocycles. The minimum atomic E-state index is -1.29. The van der Waals surface area contributed by atoms with Gasteiger partial charge in [-0.3, -0.25) is 0 Å². The molecule has 0 unspecified atom stereocenters. The van der Waals surface area contributed by atoms with E-state index in [1.807, 2.05) is 0 Å². The summed E-state index contributed by atoms with van der Waals surface area (Å²) in [5.41, 5.74) is 0. The van der Waals surface area contributed by atoms with Gasteiger partial charge in [-0.25, -0.2) is 0 Å². The standard InChI is InChI=1S/CH3BrCl2Si/c2-1-5(3)4/h5H,1H2. The number of hydrogen-bond acceptors (Lipinski definition) is 0. The SMILES string of the molecule is Cl[SiH](Cl)CBr. The van der Waals surface area contributed by atoms with Crippen LogP contribution in [0.4, 0.5) is 0 Å². The third-order valence-corrected chi connectivity index (χ3v) is 5.45. The minimum Gasteiger partial charge on any atom is -0.149 e. The molecular formula is CH3BrCl2Si. The fourth-order valence-electron chi connectivity index (χ4n) is 0. The van der Waals surface area contributed by atoms with Crippen molar-refractivity contribution in [1.29, 1.82) is 0 Å². The summed E-state index contributed by atoms with van der Waals surface area (Å²) in [4.78, 5) is 0.788. The van der Waals surface area contributed by atoms with E-state index in [-0.39, 0.29) is 0 Å². The molecule has 0 aliphatic heterocycles. The summed E-state index contributed by atoms with van der Waals surface area (Å²) in [6.07, 6.45) is 0. The molecule has 0 radical (unpaired) electrons. The lowest BCUT2D eigenvalue weighted by Crippen LogP contribution is -1.90. The van der Waals surface area contributed by atoms with Crippen molar-refractivity contribution in [2.24, 2.45) is 0 Å². The zero-order chi connectivity index (χ0) is 4.28. The Kier molecular flexibility index (Phi) is 4.35. The van der Waals surface area contributed by atoms with E-state index in [0.29, 0.717) is 0 Å². The lowest BCUT2D eigenvalue weighted by Gasteiger charge is -1.79. The smallest absolute Gasteiger partial charge is 0.149 e. The van der Waals surface area contributed by atoms with Gasteiger partial charge in [-0.1, -0.05) is 15.9 Å². The third kappa shape index (κ3) is 5.28. The van der Waals surface area contributed by atoms with Crippen molar-refractivity contribution in [3.8, 4) is 0 Å². The molecule has 0 aromatic heterocycles. The molecule has 0 bridgehead atoms. The molecule has 4 heteroatoms. The molecule has 0 nitrogen and oxygen atoms in total. The first kappa shape index (κ1) is 6.28. The van der Waals surface area contributed by atoms with Crippen LogP contribution in [0.2, 0.25) is 0 Å². The number of rotatable bonds is 1. The van der Waals surface area contributed by atoms with Crippen LogP contribution in [0.5, 0.6) is 0 Å². The Hall–Kier alpha value is 1.28. The largest absolute Gasteiger partial charge is 0.247 e. The summed E-state index contributed by atoms with van der Waals surface area (Å²) in [6.45, 7) is 0. The van der Waals surface area contributed by atoms with Crippen LogP contribution in [0.1, 0.15) is 0 Å². The molecule has 0 amide bonds. The predicted octanol–water partition coefficient (Wildman–Crippen LogP) is 1.62. The molecule has 32 valence electrons. The average Bonchev–Trinajstić information content (AvgIpc) is 1.38. The van der Waals surface area contributed by atoms with Gasteiger partial charge in [0, 0.05) is 4.95 Å². The van der Waals surface area contributed by atoms with E-state index in [2.05, 4.69) is 15.9 Å². The van der Waals surface area contributed by atoms with Crippen molar-refractivity contribution in [3.05, 3.63) is 0 Å². The maximum Gasteiger partial charge on any atom is 0.247 e. The van der Waals surface area contributed by atoms with Crippen molar-refractivity contribution in [2.45, 2.75) is 0 Å². The molecule has 0 aromatic rings. The first-order chi connectivity index (χ1) is 2.27. The summed E-state index contributed by atoms with van der Waals surface area (Å²) >= 11 is 13.8. The van der Waals surface area contributed by atoms with Gasteiger partial charge in [0.05, 0.1) is 0 Å². The van der Waals surface area contributed by atoms with Crippen LogP contribution in [0.15, 0.2) is 0 Å². The topological polar surface area (TPSA) is 0 Å². The van der Waals surface area contributed by atoms with Gasteiger partial charge >= 0.3 is 0 Å². The fraction of sp³-hybridized carbons (Fsp3) is 1.00. The van der Waals surface area contributed by atoms with Gasteiger partial charge in [-0.15, -0.1) is 22.2 Å². The lowest BCUT2D eigenvalue weighted by molar-refractivity contribution is 2.26. The Morgan fingerprint density at radius 3 is 1.80 bits per heavy atom. The third-order valence-electron chi connectivity index (χ3n) is 0.117. The zero-order valence-corrected chi connectivity index (χ0v) is 6.67. The maximum absolute atomic E-state index is 5.32. The van der Waals surface area contributed by atoms with Gasteiger partial charge in [0.2, 0.25) is 7.42 Å². The summed E-state index contributed by atoms with van der Waals surface area (Å²) in [6, 6.07) is 0. The van der Waals surface area contributed by atoms with Crippen LogP contribution in [-0.2, 0) is 0 Å². The van der Waals surface area contributed by atoms with Crippen molar-refractivity contribution in [1.82, 2.24) is 0 Å². The Balaban J connectivity index is 2.54. The molecule has 0 saturated carbocycles. The van der Waals surface area contributed by atoms with Crippen LogP contribution in [0.25, 0.3) is 0 Å². The molecule has 0 aliphatic rings. The molecular weight excluding hydrogens is 191 g/mol. The second kappa shape index (κ2) is 3.47. The van der Waals surface area contributed by atoms with Gasteiger partial charge < -0.3 is 0 Å². The van der Waals surface area contributed by atoms with Crippen LogP contribution in [-0.4, -0.2) is 12.4 Å². The lowest BCUT2D eigenvalue weighted by atomic mass is 11.9. The van der Waals surface area contributed by atoms with Crippen molar-refractivity contribution < 1.29 is 0 Å². The first-order valence-electron chi connectivity index (χ1n) is 1.11. The van der Waals surface area contributed by atoms with E-state index in [1.54, 1.807) is 0 Å². The summed E-state index contributed by atoms with van der Waals surface area (Å²) in [5, 5.41) is 0. The zero-order valence-electron chi connectivity index (χ0n) is 2.42. The average molecular weight is 194 g/mol. The second-order valence-corrected chi connectivity index (χ2v) is 7.41. The van der Waals surface area contributed by atoms with E-state index in [9.17, 15) is 0 Å². The van der Waals surface area contributed by atoms with E-state index in [4.69, 9.17) is 22.2 Å². The minimum absolute atomic E-state index is 0.788. The molecule has 0 heterocycles. The quantitative estimate of drug-likeness (QED) is 0.338. The van der Waals surface area contributed by atoms with Gasteiger partial charge in [0.1, 0.15) is 0 Å². The van der Waals surface area contributed by atoms with E-state index < -0.39 is 7.42 Å². The predicted molar refractivity (Wildman–Crippen MR) is 32.6 cm³/mol. The molecule has 0 aliphatic carbocycles. The molecule has 5 heavy (non-hydrogen) atoms. The highest BCUT2D eigenvalue weighted by atomic mass is 79.9. The second-order valence-electron chi connectivity index (χ2n) is 0.545. The highest BCUT2D eigenvalue weighted by Gasteiger charge is 1.92. The fourth-order valence-corrected chi connectivity index (χ4v) is 0. The van der Waals surface area contributed by atoms with E-state index in [0.717, 1.165) is 4.95 Å². The van der Waals surface area contributed by atoms with Crippen LogP contribution in [0, 0.1) is 0 Å².